The third-order valence-electron chi connectivity index (χ3n) is 8.50. The Kier molecular flexibility index (Phi) is 8.01. The molecule has 0 radical (unpaired) electrons. The van der Waals surface area contributed by atoms with Crippen LogP contribution in [-0.4, -0.2) is 17.9 Å². The van der Waals surface area contributed by atoms with Crippen molar-refractivity contribution < 1.29 is 14.4 Å². The van der Waals surface area contributed by atoms with E-state index < -0.39 is 0 Å². The average molecular weight is 823 g/mol. The first-order valence-electron chi connectivity index (χ1n) is 15.4. The lowest BCUT2D eigenvalue weighted by Gasteiger charge is -2.00. The predicted octanol–water partition coefficient (Wildman–Crippen LogP) is 15.0. The van der Waals surface area contributed by atoms with Crippen LogP contribution in [0.5, 0.6) is 0 Å². The molecule has 1 aliphatic carbocycles. The molecule has 246 valence electrons. The zero-order chi connectivity index (χ0) is 34.2. The van der Waals surface area contributed by atoms with Gasteiger partial charge in [0.1, 0.15) is 0 Å². The van der Waals surface area contributed by atoms with Crippen LogP contribution >= 0.6 is 102 Å². The molecule has 0 fully saturated rings. The third kappa shape index (κ3) is 5.44. The van der Waals surface area contributed by atoms with Crippen LogP contribution in [0.1, 0.15) is 35.3 Å². The largest absolute Gasteiger partial charge is 0.297 e. The molecule has 11 aromatic rings. The van der Waals surface area contributed by atoms with E-state index in [4.69, 9.17) is 0 Å². The number of hydrogen-bond donors (Lipinski definition) is 0. The Morgan fingerprint density at radius 3 is 1.31 bits per heavy atom. The number of ketones is 2. The van der Waals surface area contributed by atoms with E-state index in [0.29, 0.717) is 11.1 Å². The molecule has 0 N–H and O–H groups in total. The third-order valence-corrected chi connectivity index (χ3v) is 18.9. The summed E-state index contributed by atoms with van der Waals surface area (Å²) in [7, 11) is 0. The molecule has 0 unspecified atom stereocenters. The highest BCUT2D eigenvalue weighted by Crippen LogP contribution is 2.44. The molecule has 0 amide bonds. The van der Waals surface area contributed by atoms with Crippen molar-refractivity contribution in [2.75, 3.05) is 0 Å². The molecule has 0 saturated heterocycles. The number of aldehydes is 1. The van der Waals surface area contributed by atoms with E-state index >= 15 is 0 Å². The molecule has 12 heteroatoms. The number of rotatable bonds is 2. The standard InChI is InChI=1S/C22H10O2S3.C9H4OS3.C8H4S3/c23-19-14-7-11-3-1-2-4-12(11)8-15(14)20(24)16(19)9-13-10-18-22(26-13)21-17(27-18)5-6-25-21;10-4-5-3-7-9(12-5)8-6(13-7)1-2-11-8;1-3-9-7-5(1)11-6-2-4-10-8(6)7/h1-10H;1-4H;1-4H. The van der Waals surface area contributed by atoms with Gasteiger partial charge < -0.3 is 0 Å². The van der Waals surface area contributed by atoms with Gasteiger partial charge in [0.15, 0.2) is 17.9 Å². The first-order chi connectivity index (χ1) is 25.0. The Morgan fingerprint density at radius 1 is 0.431 bits per heavy atom. The molecule has 0 aliphatic heterocycles. The summed E-state index contributed by atoms with van der Waals surface area (Å²) in [6, 6.07) is 24.3. The fourth-order valence-electron chi connectivity index (χ4n) is 6.19. The smallest absolute Gasteiger partial charge is 0.197 e. The van der Waals surface area contributed by atoms with Gasteiger partial charge in [0, 0.05) is 44.2 Å². The minimum absolute atomic E-state index is 0.168. The first kappa shape index (κ1) is 32.0. The molecule has 9 heterocycles. The van der Waals surface area contributed by atoms with Crippen molar-refractivity contribution in [2.24, 2.45) is 0 Å². The van der Waals surface area contributed by atoms with Crippen LogP contribution in [0.4, 0.5) is 0 Å². The zero-order valence-electron chi connectivity index (χ0n) is 25.8. The van der Waals surface area contributed by atoms with Crippen molar-refractivity contribution in [3.05, 3.63) is 121 Å². The Bertz CT molecular complexity index is 3070. The summed E-state index contributed by atoms with van der Waals surface area (Å²) in [5, 5.41) is 10.5. The molecule has 2 aromatic carbocycles. The Balaban J connectivity index is 0.000000112. The molecule has 0 atom stereocenters. The van der Waals surface area contributed by atoms with Crippen molar-refractivity contribution in [3.8, 4) is 0 Å². The highest BCUT2D eigenvalue weighted by Gasteiger charge is 2.33. The van der Waals surface area contributed by atoms with E-state index in [9.17, 15) is 14.4 Å². The normalized spacial score (nSPS) is 12.8. The fraction of sp³-hybridized carbons (Fsp3) is 0. The number of hydrogen-bond acceptors (Lipinski definition) is 12. The van der Waals surface area contributed by atoms with Gasteiger partial charge in [-0.05, 0) is 86.9 Å². The molecule has 9 aromatic heterocycles. The van der Waals surface area contributed by atoms with E-state index in [1.54, 1.807) is 74.1 Å². The Hall–Kier alpha value is -3.69. The quantitative estimate of drug-likeness (QED) is 0.0991. The molecular weight excluding hydrogens is 805 g/mol. The topological polar surface area (TPSA) is 51.2 Å². The van der Waals surface area contributed by atoms with Gasteiger partial charge in [0.05, 0.1) is 38.6 Å². The SMILES string of the molecule is O=C1C(=Cc2cc3sc4ccsc4c3s2)C(=O)c2cc3ccccc3cc21.O=Cc1cc2sc3ccsc3c2s1.c1cc2sc3ccsc3c2s1. The first-order valence-corrected chi connectivity index (χ1v) is 23.0. The van der Waals surface area contributed by atoms with Crippen LogP contribution in [0.25, 0.3) is 73.2 Å². The van der Waals surface area contributed by atoms with Gasteiger partial charge >= 0.3 is 0 Å². The number of Topliss-reactive ketones (excluding diaryl/α,β-unsaturated/α-hetero) is 2. The van der Waals surface area contributed by atoms with Crippen LogP contribution < -0.4 is 0 Å². The summed E-state index contributed by atoms with van der Waals surface area (Å²) in [5.74, 6) is -0.336. The van der Waals surface area contributed by atoms with Crippen molar-refractivity contribution in [3.63, 3.8) is 0 Å². The minimum atomic E-state index is -0.168. The van der Waals surface area contributed by atoms with Gasteiger partial charge in [-0.25, -0.2) is 0 Å². The molecule has 1 aliphatic rings. The second-order valence-corrected chi connectivity index (χ2v) is 20.6. The highest BCUT2D eigenvalue weighted by molar-refractivity contribution is 7.39. The van der Waals surface area contributed by atoms with Crippen LogP contribution in [0.3, 0.4) is 0 Å². The summed E-state index contributed by atoms with van der Waals surface area (Å²) in [6.07, 6.45) is 2.70. The second kappa shape index (κ2) is 12.8. The molecular formula is C39H18O3S9. The van der Waals surface area contributed by atoms with Gasteiger partial charge in [-0.15, -0.1) is 102 Å². The summed E-state index contributed by atoms with van der Waals surface area (Å²) >= 11 is 15.9. The zero-order valence-corrected chi connectivity index (χ0v) is 33.1. The van der Waals surface area contributed by atoms with Crippen molar-refractivity contribution in [1.82, 2.24) is 0 Å². The number of carbonyl (C=O) groups is 3. The van der Waals surface area contributed by atoms with Crippen LogP contribution in [0, 0.1) is 0 Å². The molecule has 0 bridgehead atoms. The van der Waals surface area contributed by atoms with Crippen LogP contribution in [0.2, 0.25) is 0 Å². The summed E-state index contributed by atoms with van der Waals surface area (Å²) in [4.78, 5) is 38.2. The van der Waals surface area contributed by atoms with E-state index in [1.165, 1.54) is 56.4 Å². The van der Waals surface area contributed by atoms with Crippen molar-refractivity contribution in [1.29, 1.82) is 0 Å². The summed E-state index contributed by atoms with van der Waals surface area (Å²) in [5.41, 5.74) is 1.31. The van der Waals surface area contributed by atoms with Crippen molar-refractivity contribution >= 4 is 193 Å². The molecule has 12 rings (SSSR count). The minimum Gasteiger partial charge on any atom is -0.297 e. The molecule has 51 heavy (non-hydrogen) atoms. The molecule has 0 spiro atoms. The number of fused-ring (bicyclic) bond motifs is 11. The van der Waals surface area contributed by atoms with E-state index in [-0.39, 0.29) is 17.1 Å². The summed E-state index contributed by atoms with van der Waals surface area (Å²) < 4.78 is 16.1. The predicted molar refractivity (Wildman–Crippen MR) is 231 cm³/mol. The Labute approximate surface area is 325 Å². The molecule has 0 saturated carbocycles. The van der Waals surface area contributed by atoms with E-state index in [0.717, 1.165) is 26.8 Å². The maximum Gasteiger partial charge on any atom is 0.197 e. The fourth-order valence-corrected chi connectivity index (χ4v) is 17.0. The highest BCUT2D eigenvalue weighted by atomic mass is 32.1. The molecule has 3 nitrogen and oxygen atoms in total. The van der Waals surface area contributed by atoms with E-state index in [1.807, 2.05) is 76.5 Å². The number of benzene rings is 2. The van der Waals surface area contributed by atoms with Gasteiger partial charge in [0.2, 0.25) is 0 Å². The number of allylic oxidation sites excluding steroid dienone is 1. The van der Waals surface area contributed by atoms with Gasteiger partial charge in [-0.1, -0.05) is 24.3 Å². The van der Waals surface area contributed by atoms with Gasteiger partial charge in [-0.3, -0.25) is 14.4 Å². The van der Waals surface area contributed by atoms with Crippen LogP contribution in [0.15, 0.2) is 99.9 Å². The monoisotopic (exact) mass is 822 g/mol. The Morgan fingerprint density at radius 2 is 0.843 bits per heavy atom. The van der Waals surface area contributed by atoms with Crippen LogP contribution in [-0.2, 0) is 0 Å². The second-order valence-electron chi connectivity index (χ2n) is 11.5. The lowest BCUT2D eigenvalue weighted by atomic mass is 10.0. The average Bonchev–Trinajstić information content (AvgIpc) is 3.96. The maximum atomic E-state index is 12.9. The maximum absolute atomic E-state index is 12.9. The van der Waals surface area contributed by atoms with Gasteiger partial charge in [-0.2, -0.15) is 0 Å². The van der Waals surface area contributed by atoms with Gasteiger partial charge in [0.25, 0.3) is 0 Å². The van der Waals surface area contributed by atoms with Crippen molar-refractivity contribution in [2.45, 2.75) is 0 Å². The van der Waals surface area contributed by atoms with E-state index in [2.05, 4.69) is 51.9 Å². The lowest BCUT2D eigenvalue weighted by molar-refractivity contribution is 0.0989. The summed E-state index contributed by atoms with van der Waals surface area (Å²) in [6.45, 7) is 0. The lowest BCUT2D eigenvalue weighted by Crippen LogP contribution is -1.99. The number of carbonyl (C=O) groups excluding carboxylic acids is 3. The number of thiophene rings is 9.